The second-order valence-electron chi connectivity index (χ2n) is 2.62. The van der Waals surface area contributed by atoms with Gasteiger partial charge < -0.3 is 15.3 Å². The molecule has 0 saturated carbocycles. The molecule has 1 aromatic rings. The Balaban J connectivity index is 0.00000137. The lowest BCUT2D eigenvalue weighted by atomic mass is 10.1. The predicted octanol–water partition coefficient (Wildman–Crippen LogP) is 1.25. The Hall–Kier alpha value is -2.16. The number of aromatic carboxylic acids is 2. The lowest BCUT2D eigenvalue weighted by Crippen LogP contribution is -2.15. The van der Waals surface area contributed by atoms with Crippen molar-refractivity contribution < 1.29 is 42.5 Å². The van der Waals surface area contributed by atoms with Crippen LogP contribution >= 0.6 is 0 Å². The first kappa shape index (κ1) is 15.8. The summed E-state index contributed by atoms with van der Waals surface area (Å²) in [5.74, 6) is -13.5. The Labute approximate surface area is 96.9 Å². The molecular weight excluding hydrogens is 264 g/mol. The number of hydrogen-bond acceptors (Lipinski definition) is 3. The van der Waals surface area contributed by atoms with Gasteiger partial charge in [-0.2, -0.15) is 0 Å². The summed E-state index contributed by atoms with van der Waals surface area (Å²) in [5.41, 5.74) is -3.75. The van der Waals surface area contributed by atoms with Gasteiger partial charge in [0, 0.05) is 7.11 Å². The Morgan fingerprint density at radius 3 is 1.00 bits per heavy atom. The molecule has 0 fully saturated rings. The van der Waals surface area contributed by atoms with Gasteiger partial charge in [-0.05, 0) is 0 Å². The van der Waals surface area contributed by atoms with Gasteiger partial charge in [0.1, 0.15) is 11.1 Å². The molecule has 0 unspecified atom stereocenters. The third-order valence-electron chi connectivity index (χ3n) is 1.69. The molecule has 1 rings (SSSR count). The molecule has 1 aromatic carbocycles. The highest BCUT2D eigenvalue weighted by Gasteiger charge is 2.31. The highest BCUT2D eigenvalue weighted by Crippen LogP contribution is 2.24. The SMILES string of the molecule is CO.O=C(O)c1c(F)c(F)c(C(=O)O)c(F)c1F. The van der Waals surface area contributed by atoms with E-state index >= 15 is 0 Å². The van der Waals surface area contributed by atoms with Gasteiger partial charge in [-0.1, -0.05) is 0 Å². The van der Waals surface area contributed by atoms with Gasteiger partial charge in [-0.25, -0.2) is 27.2 Å². The number of benzene rings is 1. The van der Waals surface area contributed by atoms with Crippen LogP contribution in [0.15, 0.2) is 0 Å². The van der Waals surface area contributed by atoms with E-state index < -0.39 is 46.3 Å². The summed E-state index contributed by atoms with van der Waals surface area (Å²) in [5, 5.41) is 23.5. The van der Waals surface area contributed by atoms with E-state index in [-0.39, 0.29) is 0 Å². The third-order valence-corrected chi connectivity index (χ3v) is 1.69. The van der Waals surface area contributed by atoms with E-state index in [1.165, 1.54) is 0 Å². The van der Waals surface area contributed by atoms with Crippen LogP contribution in [0.3, 0.4) is 0 Å². The van der Waals surface area contributed by atoms with E-state index in [1.54, 1.807) is 0 Å². The van der Waals surface area contributed by atoms with Crippen LogP contribution in [0.5, 0.6) is 0 Å². The minimum atomic E-state index is -2.26. The van der Waals surface area contributed by atoms with E-state index in [1.807, 2.05) is 0 Å². The minimum Gasteiger partial charge on any atom is -0.477 e. The van der Waals surface area contributed by atoms with Gasteiger partial charge in [0.25, 0.3) is 0 Å². The van der Waals surface area contributed by atoms with Crippen molar-refractivity contribution in [3.05, 3.63) is 34.4 Å². The molecule has 0 radical (unpaired) electrons. The van der Waals surface area contributed by atoms with Crippen LogP contribution in [0.2, 0.25) is 0 Å². The maximum atomic E-state index is 12.9. The molecular formula is C9H6F4O5. The molecule has 0 aromatic heterocycles. The molecule has 0 aliphatic rings. The molecule has 18 heavy (non-hydrogen) atoms. The molecule has 3 N–H and O–H groups in total. The Morgan fingerprint density at radius 1 is 0.722 bits per heavy atom. The summed E-state index contributed by atoms with van der Waals surface area (Å²) in [4.78, 5) is 20.5. The van der Waals surface area contributed by atoms with Crippen LogP contribution in [0, 0.1) is 23.3 Å². The van der Waals surface area contributed by atoms with Crippen molar-refractivity contribution in [1.82, 2.24) is 0 Å². The number of carboxylic acid groups (broad SMARTS) is 2. The fourth-order valence-electron chi connectivity index (χ4n) is 1.01. The fraction of sp³-hybridized carbons (Fsp3) is 0.111. The van der Waals surface area contributed by atoms with E-state index in [0.717, 1.165) is 7.11 Å². The van der Waals surface area contributed by atoms with Gasteiger partial charge in [0.2, 0.25) is 0 Å². The number of carboxylic acids is 2. The highest BCUT2D eigenvalue weighted by atomic mass is 19.2. The predicted molar refractivity (Wildman–Crippen MR) is 48.3 cm³/mol. The molecule has 9 heteroatoms. The average molecular weight is 270 g/mol. The van der Waals surface area contributed by atoms with Gasteiger partial charge in [0.05, 0.1) is 0 Å². The number of hydrogen-bond donors (Lipinski definition) is 3. The van der Waals surface area contributed by atoms with E-state index in [2.05, 4.69) is 0 Å². The largest absolute Gasteiger partial charge is 0.477 e. The first-order chi connectivity index (χ1) is 8.29. The molecule has 0 saturated heterocycles. The Morgan fingerprint density at radius 2 is 0.889 bits per heavy atom. The summed E-state index contributed by atoms with van der Waals surface area (Å²) in [6, 6.07) is 0. The van der Waals surface area contributed by atoms with Gasteiger partial charge in [-0.3, -0.25) is 0 Å². The summed E-state index contributed by atoms with van der Waals surface area (Å²) < 4.78 is 51.6. The number of aliphatic hydroxyl groups is 1. The van der Waals surface area contributed by atoms with Crippen molar-refractivity contribution >= 4 is 11.9 Å². The maximum absolute atomic E-state index is 12.9. The van der Waals surface area contributed by atoms with Crippen molar-refractivity contribution in [2.45, 2.75) is 0 Å². The topological polar surface area (TPSA) is 94.8 Å². The summed E-state index contributed by atoms with van der Waals surface area (Å²) in [6.45, 7) is 0. The van der Waals surface area contributed by atoms with Crippen molar-refractivity contribution in [3.63, 3.8) is 0 Å². The van der Waals surface area contributed by atoms with Gasteiger partial charge >= 0.3 is 11.9 Å². The van der Waals surface area contributed by atoms with Gasteiger partial charge in [0.15, 0.2) is 23.3 Å². The number of aliphatic hydroxyl groups excluding tert-OH is 1. The zero-order chi connectivity index (χ0) is 14.6. The molecule has 0 heterocycles. The molecule has 0 aliphatic heterocycles. The van der Waals surface area contributed by atoms with Crippen LogP contribution in [0.1, 0.15) is 20.7 Å². The van der Waals surface area contributed by atoms with Crippen molar-refractivity contribution in [2.75, 3.05) is 7.11 Å². The molecule has 0 bridgehead atoms. The van der Waals surface area contributed by atoms with E-state index in [0.29, 0.717) is 0 Å². The molecule has 0 atom stereocenters. The first-order valence-electron chi connectivity index (χ1n) is 4.06. The molecule has 5 nitrogen and oxygen atoms in total. The second-order valence-corrected chi connectivity index (χ2v) is 2.62. The smallest absolute Gasteiger partial charge is 0.341 e. The Bertz CT molecular complexity index is 426. The minimum absolute atomic E-state index is 1.00. The molecule has 0 aliphatic carbocycles. The van der Waals surface area contributed by atoms with Crippen molar-refractivity contribution in [3.8, 4) is 0 Å². The molecule has 0 amide bonds. The van der Waals surface area contributed by atoms with Crippen LogP contribution in [0.25, 0.3) is 0 Å². The lowest BCUT2D eigenvalue weighted by Gasteiger charge is -2.05. The monoisotopic (exact) mass is 270 g/mol. The van der Waals surface area contributed by atoms with Crippen LogP contribution in [-0.4, -0.2) is 34.4 Å². The zero-order valence-corrected chi connectivity index (χ0v) is 8.67. The number of carbonyl (C=O) groups is 2. The fourth-order valence-corrected chi connectivity index (χ4v) is 1.01. The third kappa shape index (κ3) is 2.56. The highest BCUT2D eigenvalue weighted by molar-refractivity contribution is 5.92. The summed E-state index contributed by atoms with van der Waals surface area (Å²) in [6.07, 6.45) is 0. The van der Waals surface area contributed by atoms with E-state index in [9.17, 15) is 27.2 Å². The quantitative estimate of drug-likeness (QED) is 0.555. The lowest BCUT2D eigenvalue weighted by molar-refractivity contribution is 0.0658. The second kappa shape index (κ2) is 5.96. The number of rotatable bonds is 2. The summed E-state index contributed by atoms with van der Waals surface area (Å²) in [7, 11) is 1.00. The van der Waals surface area contributed by atoms with Crippen molar-refractivity contribution in [1.29, 1.82) is 0 Å². The van der Waals surface area contributed by atoms with Crippen LogP contribution in [-0.2, 0) is 0 Å². The normalized spacial score (nSPS) is 9.44. The average Bonchev–Trinajstić information content (AvgIpc) is 2.29. The number of halogens is 4. The summed E-state index contributed by atoms with van der Waals surface area (Å²) >= 11 is 0. The van der Waals surface area contributed by atoms with Gasteiger partial charge in [-0.15, -0.1) is 0 Å². The standard InChI is InChI=1S/C8H2F4O4.CH4O/c9-3-1(7(13)14)4(10)6(12)2(5(3)11)8(15)16;1-2/h(H,13,14)(H,15,16);2H,1H3. The van der Waals surface area contributed by atoms with Crippen LogP contribution in [0.4, 0.5) is 17.6 Å². The molecule has 0 spiro atoms. The maximum Gasteiger partial charge on any atom is 0.341 e. The van der Waals surface area contributed by atoms with Crippen LogP contribution < -0.4 is 0 Å². The van der Waals surface area contributed by atoms with Crippen molar-refractivity contribution in [2.24, 2.45) is 0 Å². The molecule has 100 valence electrons. The Kier molecular flexibility index (Phi) is 5.24. The van der Waals surface area contributed by atoms with E-state index in [4.69, 9.17) is 15.3 Å². The first-order valence-corrected chi connectivity index (χ1v) is 4.06. The zero-order valence-electron chi connectivity index (χ0n) is 8.67.